The summed E-state index contributed by atoms with van der Waals surface area (Å²) in [5.74, 6) is -0.271. The molecule has 0 aliphatic carbocycles. The maximum absolute atomic E-state index is 12.6. The minimum Gasteiger partial charge on any atom is -0.495 e. The van der Waals surface area contributed by atoms with E-state index in [4.69, 9.17) is 9.47 Å². The first-order chi connectivity index (χ1) is 12.8. The van der Waals surface area contributed by atoms with Crippen LogP contribution in [0.3, 0.4) is 0 Å². The van der Waals surface area contributed by atoms with Crippen LogP contribution in [0.15, 0.2) is 45.8 Å². The largest absolute Gasteiger partial charge is 0.495 e. The van der Waals surface area contributed by atoms with Crippen LogP contribution in [0.2, 0.25) is 0 Å². The van der Waals surface area contributed by atoms with E-state index < -0.39 is 15.9 Å². The van der Waals surface area contributed by atoms with Crippen LogP contribution in [0.1, 0.15) is 15.9 Å². The molecule has 0 fully saturated rings. The predicted octanol–water partition coefficient (Wildman–Crippen LogP) is 2.94. The van der Waals surface area contributed by atoms with Gasteiger partial charge in [-0.05, 0) is 48.9 Å². The van der Waals surface area contributed by atoms with Crippen LogP contribution < -0.4 is 14.8 Å². The Morgan fingerprint density at radius 2 is 1.89 bits per heavy atom. The Balaban J connectivity index is 2.31. The zero-order valence-corrected chi connectivity index (χ0v) is 17.6. The van der Waals surface area contributed by atoms with Crippen LogP contribution in [-0.2, 0) is 14.8 Å². The molecule has 9 heteroatoms. The van der Waals surface area contributed by atoms with Crippen molar-refractivity contribution in [2.45, 2.75) is 11.8 Å². The van der Waals surface area contributed by atoms with Crippen molar-refractivity contribution in [1.29, 1.82) is 0 Å². The molecule has 146 valence electrons. The number of hydrogen-bond donors (Lipinski definition) is 2. The van der Waals surface area contributed by atoms with E-state index in [9.17, 15) is 13.2 Å². The lowest BCUT2D eigenvalue weighted by molar-refractivity contribution is 0.102. The first-order valence-electron chi connectivity index (χ1n) is 8.02. The van der Waals surface area contributed by atoms with Gasteiger partial charge >= 0.3 is 0 Å². The molecule has 1 amide bonds. The van der Waals surface area contributed by atoms with Crippen LogP contribution >= 0.6 is 15.9 Å². The number of carbonyl (C=O) groups excluding carboxylic acids is 1. The third kappa shape index (κ3) is 5.52. The Morgan fingerprint density at radius 1 is 1.15 bits per heavy atom. The SMILES string of the molecule is COCCNS(=O)(=O)c1cc(C(=O)Nc2ccc(Br)cc2C)ccc1OC. The standard InChI is InChI=1S/C18H21BrN2O5S/c1-12-10-14(19)5-6-15(12)21-18(22)13-4-7-16(26-3)17(11-13)27(23,24)20-8-9-25-2/h4-7,10-11,20H,8-9H2,1-3H3,(H,21,22). The number of nitrogens with one attached hydrogen (secondary N) is 2. The Labute approximate surface area is 167 Å². The molecule has 0 bridgehead atoms. The fraction of sp³-hybridized carbons (Fsp3) is 0.278. The van der Waals surface area contributed by atoms with E-state index in [0.717, 1.165) is 10.0 Å². The van der Waals surface area contributed by atoms with Crippen molar-refractivity contribution in [1.82, 2.24) is 4.72 Å². The summed E-state index contributed by atoms with van der Waals surface area (Å²) in [7, 11) is -1.01. The lowest BCUT2D eigenvalue weighted by Gasteiger charge is -2.13. The van der Waals surface area contributed by atoms with Crippen LogP contribution in [0.4, 0.5) is 5.69 Å². The van der Waals surface area contributed by atoms with Gasteiger partial charge in [0, 0.05) is 29.4 Å². The normalized spacial score (nSPS) is 11.3. The summed E-state index contributed by atoms with van der Waals surface area (Å²) < 4.78 is 38.4. The lowest BCUT2D eigenvalue weighted by atomic mass is 10.1. The van der Waals surface area contributed by atoms with E-state index >= 15 is 0 Å². The van der Waals surface area contributed by atoms with E-state index in [0.29, 0.717) is 5.69 Å². The Bertz CT molecular complexity index is 931. The Morgan fingerprint density at radius 3 is 2.52 bits per heavy atom. The molecule has 0 spiro atoms. The quantitative estimate of drug-likeness (QED) is 0.595. The molecule has 0 radical (unpaired) electrons. The van der Waals surface area contributed by atoms with E-state index in [2.05, 4.69) is 26.0 Å². The van der Waals surface area contributed by atoms with E-state index in [1.54, 1.807) is 6.07 Å². The van der Waals surface area contributed by atoms with Crippen molar-refractivity contribution in [2.75, 3.05) is 32.7 Å². The maximum Gasteiger partial charge on any atom is 0.255 e. The highest BCUT2D eigenvalue weighted by Crippen LogP contribution is 2.26. The third-order valence-corrected chi connectivity index (χ3v) is 5.73. The molecule has 0 saturated heterocycles. The highest BCUT2D eigenvalue weighted by atomic mass is 79.9. The van der Waals surface area contributed by atoms with Gasteiger partial charge in [0.25, 0.3) is 5.91 Å². The van der Waals surface area contributed by atoms with Crippen molar-refractivity contribution < 1.29 is 22.7 Å². The summed E-state index contributed by atoms with van der Waals surface area (Å²) in [5.41, 5.74) is 1.71. The molecule has 0 aromatic heterocycles. The number of methoxy groups -OCH3 is 2. The first-order valence-corrected chi connectivity index (χ1v) is 10.3. The fourth-order valence-electron chi connectivity index (χ4n) is 2.35. The summed E-state index contributed by atoms with van der Waals surface area (Å²) >= 11 is 3.37. The van der Waals surface area contributed by atoms with E-state index in [1.165, 1.54) is 32.4 Å². The second-order valence-corrected chi connectivity index (χ2v) is 8.32. The number of benzene rings is 2. The molecule has 0 unspecified atom stereocenters. The second-order valence-electron chi connectivity index (χ2n) is 5.67. The molecule has 0 heterocycles. The van der Waals surface area contributed by atoms with Crippen molar-refractivity contribution in [2.24, 2.45) is 0 Å². The highest BCUT2D eigenvalue weighted by molar-refractivity contribution is 9.10. The number of anilines is 1. The molecule has 0 atom stereocenters. The van der Waals surface area contributed by atoms with Crippen molar-refractivity contribution >= 4 is 37.5 Å². The summed E-state index contributed by atoms with van der Waals surface area (Å²) in [6.45, 7) is 2.20. The van der Waals surface area contributed by atoms with Crippen molar-refractivity contribution in [3.8, 4) is 5.75 Å². The molecule has 0 saturated carbocycles. The van der Waals surface area contributed by atoms with Gasteiger partial charge in [-0.3, -0.25) is 4.79 Å². The summed E-state index contributed by atoms with van der Waals surface area (Å²) in [5, 5.41) is 2.79. The number of amides is 1. The number of halogens is 1. The topological polar surface area (TPSA) is 93.7 Å². The first kappa shape index (κ1) is 21.4. The monoisotopic (exact) mass is 456 g/mol. The number of rotatable bonds is 8. The van der Waals surface area contributed by atoms with E-state index in [1.807, 2.05) is 19.1 Å². The summed E-state index contributed by atoms with van der Waals surface area (Å²) in [6.07, 6.45) is 0. The van der Waals surface area contributed by atoms with E-state index in [-0.39, 0.29) is 29.4 Å². The minimum absolute atomic E-state index is 0.108. The fourth-order valence-corrected chi connectivity index (χ4v) is 4.03. The number of sulfonamides is 1. The average Bonchev–Trinajstić information content (AvgIpc) is 2.63. The Hall–Kier alpha value is -1.94. The van der Waals surface area contributed by atoms with Gasteiger partial charge in [-0.2, -0.15) is 0 Å². The predicted molar refractivity (Wildman–Crippen MR) is 107 cm³/mol. The summed E-state index contributed by atoms with van der Waals surface area (Å²) in [6, 6.07) is 9.71. The van der Waals surface area contributed by atoms with Gasteiger partial charge in [-0.25, -0.2) is 13.1 Å². The average molecular weight is 457 g/mol. The van der Waals surface area contributed by atoms with Gasteiger partial charge < -0.3 is 14.8 Å². The van der Waals surface area contributed by atoms with Crippen LogP contribution in [0.5, 0.6) is 5.75 Å². The molecular formula is C18H21BrN2O5S. The number of carbonyl (C=O) groups is 1. The number of aryl methyl sites for hydroxylation is 1. The second kappa shape index (κ2) is 9.32. The van der Waals surface area contributed by atoms with Gasteiger partial charge in [0.1, 0.15) is 10.6 Å². The molecule has 2 aromatic rings. The van der Waals surface area contributed by atoms with Gasteiger partial charge in [0.15, 0.2) is 0 Å². The number of ether oxygens (including phenoxy) is 2. The molecule has 2 aromatic carbocycles. The van der Waals surface area contributed by atoms with Crippen LogP contribution in [0.25, 0.3) is 0 Å². The summed E-state index contributed by atoms with van der Waals surface area (Å²) in [4.78, 5) is 12.5. The van der Waals surface area contributed by atoms with Gasteiger partial charge in [-0.15, -0.1) is 0 Å². The van der Waals surface area contributed by atoms with Crippen LogP contribution in [-0.4, -0.2) is 41.7 Å². The molecule has 27 heavy (non-hydrogen) atoms. The maximum atomic E-state index is 12.6. The third-order valence-electron chi connectivity index (χ3n) is 3.75. The zero-order chi connectivity index (χ0) is 20.0. The lowest BCUT2D eigenvalue weighted by Crippen LogP contribution is -2.28. The van der Waals surface area contributed by atoms with Crippen LogP contribution in [0, 0.1) is 6.92 Å². The molecule has 0 aliphatic rings. The molecular weight excluding hydrogens is 436 g/mol. The minimum atomic E-state index is -3.86. The molecule has 2 rings (SSSR count). The van der Waals surface area contributed by atoms with Gasteiger partial charge in [0.2, 0.25) is 10.0 Å². The van der Waals surface area contributed by atoms with Crippen molar-refractivity contribution in [3.63, 3.8) is 0 Å². The Kier molecular flexibility index (Phi) is 7.37. The highest BCUT2D eigenvalue weighted by Gasteiger charge is 2.21. The van der Waals surface area contributed by atoms with Crippen molar-refractivity contribution in [3.05, 3.63) is 52.0 Å². The van der Waals surface area contributed by atoms with Gasteiger partial charge in [-0.1, -0.05) is 15.9 Å². The smallest absolute Gasteiger partial charge is 0.255 e. The number of hydrogen-bond acceptors (Lipinski definition) is 5. The molecule has 7 nitrogen and oxygen atoms in total. The molecule has 2 N–H and O–H groups in total. The molecule has 0 aliphatic heterocycles. The zero-order valence-electron chi connectivity index (χ0n) is 15.2. The van der Waals surface area contributed by atoms with Gasteiger partial charge in [0.05, 0.1) is 13.7 Å².